The summed E-state index contributed by atoms with van der Waals surface area (Å²) in [6.45, 7) is 1.87. The van der Waals surface area contributed by atoms with E-state index < -0.39 is 17.9 Å². The fourth-order valence-corrected chi connectivity index (χ4v) is 2.10. The molecule has 0 radical (unpaired) electrons. The molecule has 0 fully saturated rings. The van der Waals surface area contributed by atoms with Crippen molar-refractivity contribution in [2.45, 2.75) is 25.8 Å². The number of furan rings is 1. The van der Waals surface area contributed by atoms with E-state index in [4.69, 9.17) is 4.42 Å². The first-order chi connectivity index (χ1) is 10.1. The Morgan fingerprint density at radius 1 is 1.24 bits per heavy atom. The van der Waals surface area contributed by atoms with E-state index in [1.165, 1.54) is 6.26 Å². The third-order valence-corrected chi connectivity index (χ3v) is 3.20. The average molecular weight is 287 g/mol. The van der Waals surface area contributed by atoms with Crippen LogP contribution in [0.2, 0.25) is 0 Å². The number of carboxylic acids is 1. The molecule has 0 spiro atoms. The van der Waals surface area contributed by atoms with Crippen LogP contribution in [0.3, 0.4) is 0 Å². The molecule has 1 aromatic carbocycles. The van der Waals surface area contributed by atoms with E-state index in [0.29, 0.717) is 17.7 Å². The molecule has 2 N–H and O–H groups in total. The second kappa shape index (κ2) is 6.74. The van der Waals surface area contributed by atoms with Crippen molar-refractivity contribution in [1.29, 1.82) is 0 Å². The summed E-state index contributed by atoms with van der Waals surface area (Å²) in [5.74, 6) is -0.936. The Kier molecular flexibility index (Phi) is 4.77. The molecule has 0 aliphatic heterocycles. The van der Waals surface area contributed by atoms with Gasteiger partial charge in [-0.3, -0.25) is 4.79 Å². The Bertz CT molecular complexity index is 618. The van der Waals surface area contributed by atoms with Crippen LogP contribution < -0.4 is 5.32 Å². The van der Waals surface area contributed by atoms with Gasteiger partial charge in [0, 0.05) is 12.8 Å². The van der Waals surface area contributed by atoms with Crippen molar-refractivity contribution < 1.29 is 19.1 Å². The molecule has 2 aromatic rings. The van der Waals surface area contributed by atoms with Crippen molar-refractivity contribution in [3.05, 3.63) is 59.5 Å². The molecule has 0 bridgehead atoms. The van der Waals surface area contributed by atoms with Crippen LogP contribution in [0.4, 0.5) is 0 Å². The molecule has 2 rings (SSSR count). The third-order valence-electron chi connectivity index (χ3n) is 3.20. The number of amides is 1. The summed E-state index contributed by atoms with van der Waals surface area (Å²) >= 11 is 0. The Hall–Kier alpha value is -2.56. The summed E-state index contributed by atoms with van der Waals surface area (Å²) in [6, 6.07) is 9.77. The molecule has 1 aromatic heterocycles. The van der Waals surface area contributed by atoms with Gasteiger partial charge in [-0.15, -0.1) is 0 Å². The van der Waals surface area contributed by atoms with Gasteiger partial charge in [-0.2, -0.15) is 0 Å². The largest absolute Gasteiger partial charge is 0.480 e. The summed E-state index contributed by atoms with van der Waals surface area (Å²) in [7, 11) is 0. The van der Waals surface area contributed by atoms with Crippen LogP contribution in [0, 0.1) is 0 Å². The molecule has 0 unspecified atom stereocenters. The molecule has 21 heavy (non-hydrogen) atoms. The fourth-order valence-electron chi connectivity index (χ4n) is 2.10. The minimum Gasteiger partial charge on any atom is -0.480 e. The molecule has 1 amide bonds. The minimum absolute atomic E-state index is 0.237. The molecule has 0 saturated heterocycles. The minimum atomic E-state index is -1.06. The van der Waals surface area contributed by atoms with Crippen LogP contribution in [0.1, 0.15) is 28.6 Å². The van der Waals surface area contributed by atoms with E-state index in [9.17, 15) is 14.7 Å². The third kappa shape index (κ3) is 3.72. The van der Waals surface area contributed by atoms with Crippen molar-refractivity contribution in [2.75, 3.05) is 0 Å². The summed E-state index contributed by atoms with van der Waals surface area (Å²) in [5, 5.41) is 11.8. The van der Waals surface area contributed by atoms with Gasteiger partial charge in [-0.1, -0.05) is 37.3 Å². The normalized spacial score (nSPS) is 11.9. The lowest BCUT2D eigenvalue weighted by Gasteiger charge is -2.14. The highest BCUT2D eigenvalue weighted by atomic mass is 16.4. The first kappa shape index (κ1) is 14.8. The molecule has 1 heterocycles. The van der Waals surface area contributed by atoms with E-state index in [1.807, 2.05) is 37.3 Å². The van der Waals surface area contributed by atoms with Gasteiger partial charge in [-0.05, 0) is 11.6 Å². The van der Waals surface area contributed by atoms with E-state index in [0.717, 1.165) is 5.56 Å². The summed E-state index contributed by atoms with van der Waals surface area (Å²) in [5.41, 5.74) is 1.24. The second-order valence-corrected chi connectivity index (χ2v) is 4.67. The predicted molar refractivity (Wildman–Crippen MR) is 77.1 cm³/mol. The Labute approximate surface area is 122 Å². The summed E-state index contributed by atoms with van der Waals surface area (Å²) < 4.78 is 5.19. The van der Waals surface area contributed by atoms with Crippen molar-refractivity contribution in [3.8, 4) is 0 Å². The Morgan fingerprint density at radius 2 is 1.95 bits per heavy atom. The highest BCUT2D eigenvalue weighted by Crippen LogP contribution is 2.12. The number of rotatable bonds is 6. The number of nitrogens with one attached hydrogen (secondary N) is 1. The maximum Gasteiger partial charge on any atom is 0.326 e. The lowest BCUT2D eigenvalue weighted by atomic mass is 10.1. The van der Waals surface area contributed by atoms with Crippen LogP contribution >= 0.6 is 0 Å². The first-order valence-corrected chi connectivity index (χ1v) is 6.75. The zero-order chi connectivity index (χ0) is 15.2. The number of benzene rings is 1. The van der Waals surface area contributed by atoms with Crippen molar-refractivity contribution in [1.82, 2.24) is 5.32 Å². The summed E-state index contributed by atoms with van der Waals surface area (Å²) in [4.78, 5) is 23.5. The highest BCUT2D eigenvalue weighted by Gasteiger charge is 2.23. The molecule has 5 nitrogen and oxygen atoms in total. The Morgan fingerprint density at radius 3 is 2.57 bits per heavy atom. The lowest BCUT2D eigenvalue weighted by molar-refractivity contribution is -0.139. The fraction of sp³-hybridized carbons (Fsp3) is 0.250. The van der Waals surface area contributed by atoms with Gasteiger partial charge in [0.2, 0.25) is 0 Å². The molecule has 1 atom stereocenters. The molecule has 110 valence electrons. The van der Waals surface area contributed by atoms with E-state index in [2.05, 4.69) is 5.32 Å². The van der Waals surface area contributed by atoms with E-state index >= 15 is 0 Å². The quantitative estimate of drug-likeness (QED) is 0.854. The van der Waals surface area contributed by atoms with E-state index in [1.54, 1.807) is 6.07 Å². The van der Waals surface area contributed by atoms with Gasteiger partial charge in [0.05, 0.1) is 11.8 Å². The van der Waals surface area contributed by atoms with Gasteiger partial charge >= 0.3 is 5.97 Å². The van der Waals surface area contributed by atoms with E-state index in [-0.39, 0.29) is 6.42 Å². The van der Waals surface area contributed by atoms with Gasteiger partial charge in [-0.25, -0.2) is 4.79 Å². The number of carbonyl (C=O) groups is 2. The van der Waals surface area contributed by atoms with Crippen LogP contribution in [0.15, 0.2) is 47.1 Å². The number of aryl methyl sites for hydroxylation is 1. The summed E-state index contributed by atoms with van der Waals surface area (Å²) in [6.07, 6.45) is 2.24. The SMILES string of the molecule is CCc1occc1C(=O)N[C@@H](Cc1ccccc1)C(=O)O. The van der Waals surface area contributed by atoms with Crippen molar-refractivity contribution in [2.24, 2.45) is 0 Å². The maximum absolute atomic E-state index is 12.2. The number of aliphatic carboxylic acids is 1. The van der Waals surface area contributed by atoms with Crippen LogP contribution in [-0.4, -0.2) is 23.0 Å². The number of hydrogen-bond donors (Lipinski definition) is 2. The van der Waals surface area contributed by atoms with Crippen molar-refractivity contribution in [3.63, 3.8) is 0 Å². The zero-order valence-corrected chi connectivity index (χ0v) is 11.7. The molecule has 5 heteroatoms. The van der Waals surface area contributed by atoms with Gasteiger partial charge in [0.1, 0.15) is 11.8 Å². The molecular weight excluding hydrogens is 270 g/mol. The number of hydrogen-bond acceptors (Lipinski definition) is 3. The topological polar surface area (TPSA) is 79.5 Å². The Balaban J connectivity index is 2.10. The molecular formula is C16H17NO4. The lowest BCUT2D eigenvalue weighted by Crippen LogP contribution is -2.42. The smallest absolute Gasteiger partial charge is 0.326 e. The van der Waals surface area contributed by atoms with Gasteiger partial charge in [0.15, 0.2) is 0 Å². The monoisotopic (exact) mass is 287 g/mol. The predicted octanol–water partition coefficient (Wildman–Crippen LogP) is 2.27. The molecule has 0 aliphatic carbocycles. The zero-order valence-electron chi connectivity index (χ0n) is 11.7. The van der Waals surface area contributed by atoms with Crippen LogP contribution in [0.25, 0.3) is 0 Å². The molecule has 0 saturated carbocycles. The van der Waals surface area contributed by atoms with Crippen LogP contribution in [0.5, 0.6) is 0 Å². The number of carboxylic acid groups (broad SMARTS) is 1. The second-order valence-electron chi connectivity index (χ2n) is 4.67. The maximum atomic E-state index is 12.2. The standard InChI is InChI=1S/C16H17NO4/c1-2-14-12(8-9-21-14)15(18)17-13(16(19)20)10-11-6-4-3-5-7-11/h3-9,13H,2,10H2,1H3,(H,17,18)(H,19,20)/t13-/m0/s1. The number of carbonyl (C=O) groups excluding carboxylic acids is 1. The van der Waals surface area contributed by atoms with Crippen LogP contribution in [-0.2, 0) is 17.6 Å². The first-order valence-electron chi connectivity index (χ1n) is 6.75. The highest BCUT2D eigenvalue weighted by molar-refractivity contribution is 5.97. The molecule has 0 aliphatic rings. The van der Waals surface area contributed by atoms with Gasteiger partial charge in [0.25, 0.3) is 5.91 Å². The average Bonchev–Trinajstić information content (AvgIpc) is 2.96. The van der Waals surface area contributed by atoms with Crippen molar-refractivity contribution >= 4 is 11.9 Å². The van der Waals surface area contributed by atoms with Gasteiger partial charge < -0.3 is 14.8 Å².